The lowest BCUT2D eigenvalue weighted by atomic mass is 10.1. The van der Waals surface area contributed by atoms with Crippen molar-refractivity contribution >= 4 is 22.9 Å². The van der Waals surface area contributed by atoms with E-state index >= 15 is 0 Å². The monoisotopic (exact) mass is 375 g/mol. The maximum absolute atomic E-state index is 12.3. The summed E-state index contributed by atoms with van der Waals surface area (Å²) in [6.45, 7) is 3.64. The van der Waals surface area contributed by atoms with Gasteiger partial charge in [-0.3, -0.25) is 19.8 Å². The second-order valence-corrected chi connectivity index (χ2v) is 7.06. The molecule has 138 valence electrons. The third-order valence-electron chi connectivity index (χ3n) is 4.36. The number of amides is 1. The van der Waals surface area contributed by atoms with E-state index in [4.69, 9.17) is 4.74 Å². The highest BCUT2D eigenvalue weighted by Gasteiger charge is 2.23. The van der Waals surface area contributed by atoms with E-state index in [1.165, 1.54) is 17.0 Å². The molecule has 3 rings (SSSR count). The highest BCUT2D eigenvalue weighted by molar-refractivity contribution is 7.10. The van der Waals surface area contributed by atoms with Crippen molar-refractivity contribution in [3.05, 3.63) is 62.3 Å². The molecule has 7 nitrogen and oxygen atoms in total. The van der Waals surface area contributed by atoms with Crippen LogP contribution in [0.1, 0.15) is 16.5 Å². The van der Waals surface area contributed by atoms with Gasteiger partial charge in [0.15, 0.2) is 0 Å². The molecular formula is C18H21N3O4S. The van der Waals surface area contributed by atoms with E-state index in [0.29, 0.717) is 19.8 Å². The van der Waals surface area contributed by atoms with Crippen molar-refractivity contribution in [3.8, 4) is 0 Å². The zero-order valence-corrected chi connectivity index (χ0v) is 15.1. The zero-order valence-electron chi connectivity index (χ0n) is 14.3. The first-order chi connectivity index (χ1) is 12.6. The van der Waals surface area contributed by atoms with Crippen LogP contribution in [0, 0.1) is 10.1 Å². The summed E-state index contributed by atoms with van der Waals surface area (Å²) in [5, 5.41) is 15.7. The zero-order chi connectivity index (χ0) is 18.4. The fourth-order valence-electron chi connectivity index (χ4n) is 2.97. The van der Waals surface area contributed by atoms with E-state index in [0.717, 1.165) is 18.7 Å². The van der Waals surface area contributed by atoms with Crippen molar-refractivity contribution in [3.63, 3.8) is 0 Å². The molecule has 1 aromatic carbocycles. The molecule has 1 fully saturated rings. The molecule has 26 heavy (non-hydrogen) atoms. The Bertz CT molecular complexity index is 727. The lowest BCUT2D eigenvalue weighted by Gasteiger charge is -2.34. The summed E-state index contributed by atoms with van der Waals surface area (Å²) >= 11 is 1.69. The fourth-order valence-corrected chi connectivity index (χ4v) is 3.83. The number of nitrogens with zero attached hydrogens (tertiary/aromatic N) is 2. The van der Waals surface area contributed by atoms with Gasteiger partial charge in [-0.15, -0.1) is 11.3 Å². The molecule has 0 aliphatic carbocycles. The quantitative estimate of drug-likeness (QED) is 0.593. The first-order valence-electron chi connectivity index (χ1n) is 8.49. The smallest absolute Gasteiger partial charge is 0.269 e. The number of carbonyl (C=O) groups excluding carboxylic acids is 1. The summed E-state index contributed by atoms with van der Waals surface area (Å²) in [7, 11) is 0. The van der Waals surface area contributed by atoms with Crippen LogP contribution in [0.15, 0.2) is 41.8 Å². The maximum atomic E-state index is 12.3. The van der Waals surface area contributed by atoms with E-state index in [1.54, 1.807) is 23.5 Å². The summed E-state index contributed by atoms with van der Waals surface area (Å²) in [5.41, 5.74) is 0.784. The molecule has 1 atom stereocenters. The predicted octanol–water partition coefficient (Wildman–Crippen LogP) is 2.39. The minimum atomic E-state index is -0.447. The number of rotatable bonds is 7. The van der Waals surface area contributed by atoms with E-state index in [1.807, 2.05) is 11.4 Å². The first kappa shape index (κ1) is 18.5. The molecule has 1 N–H and O–H groups in total. The van der Waals surface area contributed by atoms with Crippen molar-refractivity contribution in [1.82, 2.24) is 10.2 Å². The molecule has 1 aromatic heterocycles. The molecule has 0 spiro atoms. The van der Waals surface area contributed by atoms with Gasteiger partial charge in [0.05, 0.1) is 30.6 Å². The van der Waals surface area contributed by atoms with Crippen LogP contribution in [0.25, 0.3) is 0 Å². The van der Waals surface area contributed by atoms with Crippen molar-refractivity contribution in [2.75, 3.05) is 32.8 Å². The Labute approximate surface area is 155 Å². The number of ether oxygens (including phenoxy) is 1. The van der Waals surface area contributed by atoms with Gasteiger partial charge in [-0.2, -0.15) is 0 Å². The van der Waals surface area contributed by atoms with Gasteiger partial charge in [-0.25, -0.2) is 0 Å². The van der Waals surface area contributed by atoms with Crippen molar-refractivity contribution in [2.45, 2.75) is 12.5 Å². The van der Waals surface area contributed by atoms with E-state index < -0.39 is 4.92 Å². The number of hydrogen-bond donors (Lipinski definition) is 1. The van der Waals surface area contributed by atoms with Gasteiger partial charge in [-0.1, -0.05) is 18.2 Å². The number of nitrogens with one attached hydrogen (secondary N) is 1. The number of nitro benzene ring substituents is 1. The Hall–Kier alpha value is -2.29. The number of thiophene rings is 1. The van der Waals surface area contributed by atoms with Crippen molar-refractivity contribution < 1.29 is 14.5 Å². The van der Waals surface area contributed by atoms with Gasteiger partial charge >= 0.3 is 0 Å². The molecular weight excluding hydrogens is 354 g/mol. The maximum Gasteiger partial charge on any atom is 0.269 e. The second kappa shape index (κ2) is 8.88. The molecule has 8 heteroatoms. The second-order valence-electron chi connectivity index (χ2n) is 6.08. The number of morpholine rings is 1. The Morgan fingerprint density at radius 3 is 2.62 bits per heavy atom. The third kappa shape index (κ3) is 4.87. The molecule has 1 amide bonds. The highest BCUT2D eigenvalue weighted by atomic mass is 32.1. The summed E-state index contributed by atoms with van der Waals surface area (Å²) in [6.07, 6.45) is 0.207. The standard InChI is InChI=1S/C18H21N3O4S/c22-18(12-14-3-5-15(6-4-14)21(23)24)19-13-16(17-2-1-11-26-17)20-7-9-25-10-8-20/h1-6,11,16H,7-10,12-13H2,(H,19,22). The first-order valence-corrected chi connectivity index (χ1v) is 9.36. The topological polar surface area (TPSA) is 84.7 Å². The lowest BCUT2D eigenvalue weighted by Crippen LogP contribution is -2.43. The summed E-state index contributed by atoms with van der Waals surface area (Å²) < 4.78 is 5.42. The highest BCUT2D eigenvalue weighted by Crippen LogP contribution is 2.25. The van der Waals surface area contributed by atoms with Crippen LogP contribution < -0.4 is 5.32 Å². The molecule has 1 aliphatic heterocycles. The van der Waals surface area contributed by atoms with Crippen molar-refractivity contribution in [1.29, 1.82) is 0 Å². The minimum Gasteiger partial charge on any atom is -0.379 e. The molecule has 1 saturated heterocycles. The van der Waals surface area contributed by atoms with Crippen LogP contribution in [-0.4, -0.2) is 48.6 Å². The van der Waals surface area contributed by atoms with Crippen LogP contribution >= 0.6 is 11.3 Å². The molecule has 0 bridgehead atoms. The van der Waals surface area contributed by atoms with Gasteiger partial charge in [0.25, 0.3) is 5.69 Å². The average molecular weight is 375 g/mol. The van der Waals surface area contributed by atoms with E-state index in [-0.39, 0.29) is 24.1 Å². The van der Waals surface area contributed by atoms with Crippen LogP contribution in [-0.2, 0) is 16.0 Å². The minimum absolute atomic E-state index is 0.0271. The average Bonchev–Trinajstić information content (AvgIpc) is 3.17. The van der Waals surface area contributed by atoms with Gasteiger partial charge in [-0.05, 0) is 17.0 Å². The molecule has 2 aromatic rings. The normalized spacial score (nSPS) is 16.2. The van der Waals surface area contributed by atoms with Crippen LogP contribution in [0.4, 0.5) is 5.69 Å². The number of nitro groups is 1. The summed E-state index contributed by atoms with van der Waals surface area (Å²) in [6, 6.07) is 10.3. The molecule has 0 radical (unpaired) electrons. The van der Waals surface area contributed by atoms with Crippen LogP contribution in [0.5, 0.6) is 0 Å². The number of carbonyl (C=O) groups is 1. The van der Waals surface area contributed by atoms with Gasteiger partial charge < -0.3 is 10.1 Å². The molecule has 2 heterocycles. The predicted molar refractivity (Wildman–Crippen MR) is 99.3 cm³/mol. The van der Waals surface area contributed by atoms with E-state index in [9.17, 15) is 14.9 Å². The number of hydrogen-bond acceptors (Lipinski definition) is 6. The Morgan fingerprint density at radius 2 is 2.00 bits per heavy atom. The SMILES string of the molecule is O=C(Cc1ccc([N+](=O)[O-])cc1)NCC(c1cccs1)N1CCOCC1. The molecule has 1 unspecified atom stereocenters. The van der Waals surface area contributed by atoms with Crippen molar-refractivity contribution in [2.24, 2.45) is 0 Å². The summed E-state index contributed by atoms with van der Waals surface area (Å²) in [5.74, 6) is -0.0892. The van der Waals surface area contributed by atoms with Crippen LogP contribution in [0.2, 0.25) is 0 Å². The largest absolute Gasteiger partial charge is 0.379 e. The Morgan fingerprint density at radius 1 is 1.27 bits per heavy atom. The van der Waals surface area contributed by atoms with Crippen LogP contribution in [0.3, 0.4) is 0 Å². The summed E-state index contributed by atoms with van der Waals surface area (Å²) in [4.78, 5) is 26.1. The molecule has 0 saturated carbocycles. The number of non-ortho nitro benzene ring substituents is 1. The third-order valence-corrected chi connectivity index (χ3v) is 5.34. The number of benzene rings is 1. The van der Waals surface area contributed by atoms with Gasteiger partial charge in [0.2, 0.25) is 5.91 Å². The van der Waals surface area contributed by atoms with Gasteiger partial charge in [0, 0.05) is 36.6 Å². The molecule has 1 aliphatic rings. The van der Waals surface area contributed by atoms with Gasteiger partial charge in [0.1, 0.15) is 0 Å². The van der Waals surface area contributed by atoms with E-state index in [2.05, 4.69) is 16.3 Å². The lowest BCUT2D eigenvalue weighted by molar-refractivity contribution is -0.384. The Kier molecular flexibility index (Phi) is 6.32. The Balaban J connectivity index is 1.57. The fraction of sp³-hybridized carbons (Fsp3) is 0.389.